The second kappa shape index (κ2) is 4.44. The van der Waals surface area contributed by atoms with E-state index in [9.17, 15) is 18.0 Å². The molecule has 0 N–H and O–H groups in total. The highest BCUT2D eigenvalue weighted by molar-refractivity contribution is 5.85. The summed E-state index contributed by atoms with van der Waals surface area (Å²) in [7, 11) is 0. The molecule has 0 spiro atoms. The van der Waals surface area contributed by atoms with E-state index in [1.54, 1.807) is 5.01 Å². The third-order valence-electron chi connectivity index (χ3n) is 4.06. The van der Waals surface area contributed by atoms with Gasteiger partial charge >= 0.3 is 0 Å². The minimum atomic E-state index is -2.72. The molecule has 108 valence electrons. The molecule has 0 aromatic carbocycles. The van der Waals surface area contributed by atoms with Gasteiger partial charge in [0, 0.05) is 19.3 Å². The Balaban J connectivity index is 1.93. The van der Waals surface area contributed by atoms with E-state index in [-0.39, 0.29) is 6.54 Å². The zero-order valence-electron chi connectivity index (χ0n) is 10.9. The zero-order chi connectivity index (χ0) is 14.5. The Morgan fingerprint density at radius 1 is 1.45 bits per heavy atom. The second-order valence-corrected chi connectivity index (χ2v) is 5.50. The van der Waals surface area contributed by atoms with Crippen LogP contribution in [0.15, 0.2) is 18.5 Å². The Labute approximate surface area is 114 Å². The summed E-state index contributed by atoms with van der Waals surface area (Å²) in [4.78, 5) is 16.1. The molecule has 3 heterocycles. The number of amides is 1. The highest BCUT2D eigenvalue weighted by Gasteiger charge is 2.57. The molecule has 3 rings (SSSR count). The van der Waals surface area contributed by atoms with Crippen molar-refractivity contribution in [3.8, 4) is 0 Å². The normalized spacial score (nSPS) is 30.4. The number of rotatable bonds is 2. The summed E-state index contributed by atoms with van der Waals surface area (Å²) in [6, 6.07) is 0.887. The summed E-state index contributed by atoms with van der Waals surface area (Å²) in [6.07, 6.45) is 0.427. The van der Waals surface area contributed by atoms with Gasteiger partial charge in [-0.3, -0.25) is 14.8 Å². The molecule has 0 radical (unpaired) electrons. The topological polar surface area (TPSA) is 36.4 Å². The Bertz CT molecular complexity index is 553. The maximum atomic E-state index is 13.2. The fourth-order valence-electron chi connectivity index (χ4n) is 2.91. The van der Waals surface area contributed by atoms with Crippen LogP contribution in [-0.2, 0) is 4.79 Å². The number of alkyl halides is 2. The second-order valence-electron chi connectivity index (χ2n) is 5.50. The van der Waals surface area contributed by atoms with Gasteiger partial charge in [0.25, 0.3) is 12.3 Å². The van der Waals surface area contributed by atoms with Gasteiger partial charge in [0.05, 0.1) is 12.2 Å². The van der Waals surface area contributed by atoms with Crippen molar-refractivity contribution in [1.29, 1.82) is 0 Å². The summed E-state index contributed by atoms with van der Waals surface area (Å²) in [5.41, 5.74) is -1.14. The number of pyridine rings is 1. The average Bonchev–Trinajstić information content (AvgIpc) is 2.90. The van der Waals surface area contributed by atoms with Crippen LogP contribution in [0.4, 0.5) is 13.2 Å². The van der Waals surface area contributed by atoms with E-state index < -0.39 is 29.6 Å². The molecule has 1 unspecified atom stereocenters. The molecular weight excluding hydrogens is 271 g/mol. The van der Waals surface area contributed by atoms with Crippen LogP contribution in [0.3, 0.4) is 0 Å². The van der Waals surface area contributed by atoms with Crippen LogP contribution in [-0.4, -0.2) is 40.4 Å². The lowest BCUT2D eigenvalue weighted by molar-refractivity contribution is -0.147. The maximum Gasteiger partial charge on any atom is 0.254 e. The molecule has 2 aliphatic heterocycles. The van der Waals surface area contributed by atoms with Crippen LogP contribution < -0.4 is 0 Å². The maximum absolute atomic E-state index is 13.2. The average molecular weight is 285 g/mol. The van der Waals surface area contributed by atoms with Crippen LogP contribution in [0.2, 0.25) is 0 Å². The van der Waals surface area contributed by atoms with Crippen molar-refractivity contribution in [2.45, 2.75) is 25.8 Å². The fraction of sp³-hybridized carbons (Fsp3) is 0.538. The molecule has 2 aliphatic rings. The van der Waals surface area contributed by atoms with Crippen molar-refractivity contribution in [3.63, 3.8) is 0 Å². The number of aromatic nitrogens is 1. The van der Waals surface area contributed by atoms with Crippen LogP contribution in [0.25, 0.3) is 0 Å². The number of nitrogens with zero attached hydrogens (tertiary/aromatic N) is 3. The van der Waals surface area contributed by atoms with Gasteiger partial charge in [-0.15, -0.1) is 0 Å². The summed E-state index contributed by atoms with van der Waals surface area (Å²) >= 11 is 0. The van der Waals surface area contributed by atoms with E-state index in [0.29, 0.717) is 18.5 Å². The molecule has 0 bridgehead atoms. The molecule has 1 aromatic rings. The van der Waals surface area contributed by atoms with Gasteiger partial charge in [0.1, 0.15) is 11.2 Å². The molecular formula is C13H14F3N3O. The number of fused-ring (bicyclic) bond motifs is 1. The summed E-state index contributed by atoms with van der Waals surface area (Å²) < 4.78 is 39.5. The SMILES string of the molecule is CC1(C(F)F)CN2CC[C@@H](c3cncc(F)c3)N2C1=O. The van der Waals surface area contributed by atoms with Crippen LogP contribution in [0.5, 0.6) is 0 Å². The molecule has 2 fully saturated rings. The Kier molecular flexibility index (Phi) is 2.97. The number of hydrogen-bond acceptors (Lipinski definition) is 3. The Morgan fingerprint density at radius 3 is 2.85 bits per heavy atom. The van der Waals surface area contributed by atoms with Gasteiger partial charge in [-0.2, -0.15) is 0 Å². The van der Waals surface area contributed by atoms with Gasteiger partial charge in [0.2, 0.25) is 0 Å². The standard InChI is InChI=1S/C13H14F3N3O/c1-13(11(15)16)7-18-3-2-10(19(18)12(13)20)8-4-9(14)6-17-5-8/h4-6,10-11H,2-3,7H2,1H3/t10-,13?/m0/s1. The number of hydrazine groups is 1. The van der Waals surface area contributed by atoms with Crippen molar-refractivity contribution < 1.29 is 18.0 Å². The first-order valence-electron chi connectivity index (χ1n) is 6.40. The van der Waals surface area contributed by atoms with E-state index in [2.05, 4.69) is 4.98 Å². The van der Waals surface area contributed by atoms with E-state index in [1.807, 2.05) is 0 Å². The van der Waals surface area contributed by atoms with Gasteiger partial charge in [-0.25, -0.2) is 18.2 Å². The van der Waals surface area contributed by atoms with Gasteiger partial charge in [-0.05, 0) is 25.0 Å². The molecule has 1 amide bonds. The van der Waals surface area contributed by atoms with E-state index in [4.69, 9.17) is 0 Å². The number of halogens is 3. The third kappa shape index (κ3) is 1.80. The monoisotopic (exact) mass is 285 g/mol. The van der Waals surface area contributed by atoms with E-state index >= 15 is 0 Å². The molecule has 2 atom stereocenters. The summed E-state index contributed by atoms with van der Waals surface area (Å²) in [5, 5.41) is 2.98. The van der Waals surface area contributed by atoms with Crippen molar-refractivity contribution >= 4 is 5.91 Å². The van der Waals surface area contributed by atoms with E-state index in [0.717, 1.165) is 6.20 Å². The minimum Gasteiger partial charge on any atom is -0.272 e. The quantitative estimate of drug-likeness (QED) is 0.834. The number of hydrogen-bond donors (Lipinski definition) is 0. The van der Waals surface area contributed by atoms with Gasteiger partial charge < -0.3 is 0 Å². The first kappa shape index (κ1) is 13.4. The van der Waals surface area contributed by atoms with Crippen LogP contribution >= 0.6 is 0 Å². The van der Waals surface area contributed by atoms with Crippen molar-refractivity contribution in [3.05, 3.63) is 29.8 Å². The Hall–Kier alpha value is -1.63. The Morgan fingerprint density at radius 2 is 2.20 bits per heavy atom. The molecule has 2 saturated heterocycles. The van der Waals surface area contributed by atoms with Crippen molar-refractivity contribution in [1.82, 2.24) is 15.0 Å². The molecule has 0 saturated carbocycles. The summed E-state index contributed by atoms with van der Waals surface area (Å²) in [5.74, 6) is -1.09. The van der Waals surface area contributed by atoms with Gasteiger partial charge in [-0.1, -0.05) is 0 Å². The number of carbonyl (C=O) groups is 1. The molecule has 20 heavy (non-hydrogen) atoms. The highest BCUT2D eigenvalue weighted by atomic mass is 19.3. The third-order valence-corrected chi connectivity index (χ3v) is 4.06. The smallest absolute Gasteiger partial charge is 0.254 e. The first-order chi connectivity index (χ1) is 9.43. The molecule has 1 aromatic heterocycles. The molecule has 7 heteroatoms. The first-order valence-corrected chi connectivity index (χ1v) is 6.40. The lowest BCUT2D eigenvalue weighted by atomic mass is 9.90. The largest absolute Gasteiger partial charge is 0.272 e. The van der Waals surface area contributed by atoms with E-state index in [1.165, 1.54) is 24.2 Å². The lowest BCUT2D eigenvalue weighted by Gasteiger charge is -2.26. The number of carbonyl (C=O) groups excluding carboxylic acids is 1. The predicted octanol–water partition coefficient (Wildman–Crippen LogP) is 2.00. The predicted molar refractivity (Wildman–Crippen MR) is 64.1 cm³/mol. The lowest BCUT2D eigenvalue weighted by Crippen LogP contribution is -2.39. The fourth-order valence-corrected chi connectivity index (χ4v) is 2.91. The van der Waals surface area contributed by atoms with Crippen molar-refractivity contribution in [2.75, 3.05) is 13.1 Å². The zero-order valence-corrected chi connectivity index (χ0v) is 10.9. The van der Waals surface area contributed by atoms with Gasteiger partial charge in [0.15, 0.2) is 0 Å². The molecule has 0 aliphatic carbocycles. The molecule has 4 nitrogen and oxygen atoms in total. The summed E-state index contributed by atoms with van der Waals surface area (Å²) in [6.45, 7) is 1.79. The highest BCUT2D eigenvalue weighted by Crippen LogP contribution is 2.44. The van der Waals surface area contributed by atoms with Crippen molar-refractivity contribution in [2.24, 2.45) is 5.41 Å². The van der Waals surface area contributed by atoms with Crippen LogP contribution in [0, 0.1) is 11.2 Å². The van der Waals surface area contributed by atoms with Crippen LogP contribution in [0.1, 0.15) is 24.9 Å². The minimum absolute atomic E-state index is 0.00272.